The van der Waals surface area contributed by atoms with Crippen LogP contribution < -0.4 is 15.2 Å². The number of carbonyl (C=O) groups excluding carboxylic acids is 1. The Morgan fingerprint density at radius 2 is 1.95 bits per heavy atom. The lowest BCUT2D eigenvalue weighted by Crippen LogP contribution is -2.37. The molecule has 2 atom stereocenters. The number of fused-ring (bicyclic) bond motifs is 2. The number of ether oxygens (including phenoxy) is 3. The van der Waals surface area contributed by atoms with Crippen LogP contribution in [0.4, 0.5) is 4.39 Å². The van der Waals surface area contributed by atoms with E-state index in [0.29, 0.717) is 34.2 Å². The van der Waals surface area contributed by atoms with E-state index in [0.717, 1.165) is 11.3 Å². The lowest BCUT2D eigenvalue weighted by Gasteiger charge is -2.17. The Kier molecular flexibility index (Phi) is 6.97. The maximum absolute atomic E-state index is 15.1. The maximum Gasteiger partial charge on any atom is 0.323 e. The van der Waals surface area contributed by atoms with Crippen LogP contribution in [0.3, 0.4) is 0 Å². The standard InChI is InChI=1S/C28H28FN5O4/c1-16-11-20-22(33-16)9-10-23(25(20)29)38-27-26-18(3)24(13-34(26)32-15-31-27)36-14-17(2)37-28(35)21(30)12-19-7-5-4-6-8-19/h4-11,13,15,17,21,33H,12,14,30H2,1-3H3/t17-,21+/m1/s1. The number of rotatable bonds is 9. The molecule has 0 fully saturated rings. The van der Waals surface area contributed by atoms with E-state index in [4.69, 9.17) is 19.9 Å². The Morgan fingerprint density at radius 1 is 1.16 bits per heavy atom. The molecule has 5 rings (SSSR count). The van der Waals surface area contributed by atoms with Crippen molar-refractivity contribution in [2.75, 3.05) is 6.61 Å². The first-order chi connectivity index (χ1) is 18.3. The number of esters is 1. The van der Waals surface area contributed by atoms with Gasteiger partial charge in [0.25, 0.3) is 0 Å². The Bertz CT molecular complexity index is 1600. The molecule has 0 aliphatic heterocycles. The second-order valence-corrected chi connectivity index (χ2v) is 9.22. The Morgan fingerprint density at radius 3 is 2.74 bits per heavy atom. The van der Waals surface area contributed by atoms with Crippen molar-refractivity contribution >= 4 is 22.4 Å². The Balaban J connectivity index is 1.27. The fraction of sp³-hybridized carbons (Fsp3) is 0.250. The first-order valence-corrected chi connectivity index (χ1v) is 12.2. The normalized spacial score (nSPS) is 13.0. The fourth-order valence-corrected chi connectivity index (χ4v) is 4.27. The maximum atomic E-state index is 15.1. The van der Waals surface area contributed by atoms with Crippen LogP contribution >= 0.6 is 0 Å². The van der Waals surface area contributed by atoms with E-state index in [1.54, 1.807) is 35.8 Å². The highest BCUT2D eigenvalue weighted by molar-refractivity contribution is 5.83. The number of aromatic nitrogens is 4. The van der Waals surface area contributed by atoms with Gasteiger partial charge in [-0.15, -0.1) is 0 Å². The van der Waals surface area contributed by atoms with Gasteiger partial charge in [0, 0.05) is 22.2 Å². The van der Waals surface area contributed by atoms with Gasteiger partial charge in [0.1, 0.15) is 36.3 Å². The predicted octanol–water partition coefficient (Wildman–Crippen LogP) is 4.64. The number of carbonyl (C=O) groups is 1. The minimum absolute atomic E-state index is 0.0487. The molecule has 196 valence electrons. The minimum atomic E-state index is -0.775. The van der Waals surface area contributed by atoms with E-state index in [2.05, 4.69) is 15.1 Å². The van der Waals surface area contributed by atoms with E-state index in [1.165, 1.54) is 6.33 Å². The summed E-state index contributed by atoms with van der Waals surface area (Å²) < 4.78 is 33.9. The molecule has 0 unspecified atom stereocenters. The molecule has 2 aromatic carbocycles. The van der Waals surface area contributed by atoms with E-state index in [9.17, 15) is 4.79 Å². The molecule has 0 radical (unpaired) electrons. The van der Waals surface area contributed by atoms with Gasteiger partial charge in [-0.25, -0.2) is 8.91 Å². The molecule has 0 saturated carbocycles. The van der Waals surface area contributed by atoms with Crippen LogP contribution in [0.1, 0.15) is 23.7 Å². The number of nitrogens with zero attached hydrogens (tertiary/aromatic N) is 3. The van der Waals surface area contributed by atoms with Crippen LogP contribution in [0, 0.1) is 19.7 Å². The fourth-order valence-electron chi connectivity index (χ4n) is 4.27. The van der Waals surface area contributed by atoms with Crippen LogP contribution in [0.15, 0.2) is 61.1 Å². The summed E-state index contributed by atoms with van der Waals surface area (Å²) in [6, 6.07) is 13.8. The molecule has 3 N–H and O–H groups in total. The molecular formula is C28H28FN5O4. The van der Waals surface area contributed by atoms with Crippen molar-refractivity contribution in [3.05, 3.63) is 83.7 Å². The molecule has 3 heterocycles. The van der Waals surface area contributed by atoms with Crippen LogP contribution in [0.25, 0.3) is 16.4 Å². The average molecular weight is 518 g/mol. The van der Waals surface area contributed by atoms with E-state index in [-0.39, 0.29) is 18.2 Å². The summed E-state index contributed by atoms with van der Waals surface area (Å²) in [5.41, 5.74) is 9.74. The zero-order chi connectivity index (χ0) is 26.8. The van der Waals surface area contributed by atoms with E-state index >= 15 is 4.39 Å². The smallest absolute Gasteiger partial charge is 0.323 e. The number of aromatic amines is 1. The van der Waals surface area contributed by atoms with Crippen LogP contribution in [-0.4, -0.2) is 44.3 Å². The largest absolute Gasteiger partial charge is 0.488 e. The van der Waals surface area contributed by atoms with Gasteiger partial charge >= 0.3 is 5.97 Å². The lowest BCUT2D eigenvalue weighted by molar-refractivity contribution is -0.151. The third-order valence-corrected chi connectivity index (χ3v) is 6.18. The number of nitrogens with one attached hydrogen (secondary N) is 1. The van der Waals surface area contributed by atoms with Gasteiger partial charge in [-0.1, -0.05) is 30.3 Å². The second kappa shape index (κ2) is 10.5. The van der Waals surface area contributed by atoms with Crippen molar-refractivity contribution < 1.29 is 23.4 Å². The summed E-state index contributed by atoms with van der Waals surface area (Å²) >= 11 is 0. The lowest BCUT2D eigenvalue weighted by atomic mass is 10.1. The summed E-state index contributed by atoms with van der Waals surface area (Å²) in [6.45, 7) is 5.51. The SMILES string of the molecule is Cc1cc2c(F)c(Oc3ncnn4cc(OC[C@@H](C)OC(=O)[C@@H](N)Cc5ccccc5)c(C)c34)ccc2[nH]1. The van der Waals surface area contributed by atoms with Crippen molar-refractivity contribution in [2.45, 2.75) is 39.3 Å². The highest BCUT2D eigenvalue weighted by atomic mass is 19.1. The molecule has 0 aliphatic rings. The number of benzene rings is 2. The molecular weight excluding hydrogens is 489 g/mol. The molecule has 10 heteroatoms. The van der Waals surface area contributed by atoms with Gasteiger partial charge in [-0.2, -0.15) is 10.1 Å². The number of aryl methyl sites for hydroxylation is 2. The molecule has 0 amide bonds. The van der Waals surface area contributed by atoms with Crippen LogP contribution in [0.2, 0.25) is 0 Å². The zero-order valence-electron chi connectivity index (χ0n) is 21.3. The minimum Gasteiger partial charge on any atom is -0.488 e. The van der Waals surface area contributed by atoms with Gasteiger partial charge in [0.05, 0.1) is 6.20 Å². The number of hydrogen-bond donors (Lipinski definition) is 2. The molecule has 0 spiro atoms. The first-order valence-electron chi connectivity index (χ1n) is 12.2. The molecule has 38 heavy (non-hydrogen) atoms. The molecule has 3 aromatic heterocycles. The number of nitrogens with two attached hydrogens (primary N) is 1. The summed E-state index contributed by atoms with van der Waals surface area (Å²) in [4.78, 5) is 19.8. The highest BCUT2D eigenvalue weighted by Crippen LogP contribution is 2.34. The third-order valence-electron chi connectivity index (χ3n) is 6.18. The van der Waals surface area contributed by atoms with E-state index < -0.39 is 23.9 Å². The third kappa shape index (κ3) is 5.16. The van der Waals surface area contributed by atoms with Gasteiger partial charge < -0.3 is 24.9 Å². The summed E-state index contributed by atoms with van der Waals surface area (Å²) in [7, 11) is 0. The van der Waals surface area contributed by atoms with Gasteiger partial charge in [0.15, 0.2) is 11.6 Å². The van der Waals surface area contributed by atoms with Gasteiger partial charge in [-0.05, 0) is 51.0 Å². The van der Waals surface area contributed by atoms with Crippen molar-refractivity contribution in [3.63, 3.8) is 0 Å². The van der Waals surface area contributed by atoms with Crippen molar-refractivity contribution in [1.82, 2.24) is 19.6 Å². The Hall–Kier alpha value is -4.44. The van der Waals surface area contributed by atoms with Crippen molar-refractivity contribution in [3.8, 4) is 17.4 Å². The monoisotopic (exact) mass is 517 g/mol. The topological polar surface area (TPSA) is 117 Å². The summed E-state index contributed by atoms with van der Waals surface area (Å²) in [6.07, 6.45) is 2.83. The van der Waals surface area contributed by atoms with E-state index in [1.807, 2.05) is 44.2 Å². The van der Waals surface area contributed by atoms with Crippen LogP contribution in [0.5, 0.6) is 17.4 Å². The number of H-pyrrole nitrogens is 1. The predicted molar refractivity (Wildman–Crippen MR) is 140 cm³/mol. The summed E-state index contributed by atoms with van der Waals surface area (Å²) in [5.74, 6) is -0.243. The average Bonchev–Trinajstić information content (AvgIpc) is 3.45. The Labute approximate surface area is 218 Å². The second-order valence-electron chi connectivity index (χ2n) is 9.22. The number of halogens is 1. The van der Waals surface area contributed by atoms with Crippen LogP contribution in [-0.2, 0) is 16.0 Å². The van der Waals surface area contributed by atoms with Crippen molar-refractivity contribution in [2.24, 2.45) is 5.73 Å². The van der Waals surface area contributed by atoms with Crippen molar-refractivity contribution in [1.29, 1.82) is 0 Å². The number of hydrogen-bond acceptors (Lipinski definition) is 7. The first kappa shape index (κ1) is 25.2. The molecule has 9 nitrogen and oxygen atoms in total. The quantitative estimate of drug-likeness (QED) is 0.274. The zero-order valence-corrected chi connectivity index (χ0v) is 21.3. The molecule has 5 aromatic rings. The van der Waals surface area contributed by atoms with Gasteiger partial charge in [0.2, 0.25) is 5.88 Å². The highest BCUT2D eigenvalue weighted by Gasteiger charge is 2.21. The molecule has 0 aliphatic carbocycles. The van der Waals surface area contributed by atoms with Gasteiger partial charge in [-0.3, -0.25) is 4.79 Å². The molecule has 0 saturated heterocycles. The molecule has 0 bridgehead atoms. The summed E-state index contributed by atoms with van der Waals surface area (Å²) in [5, 5.41) is 4.66.